The van der Waals surface area contributed by atoms with Crippen LogP contribution in [0.15, 0.2) is 60.1 Å². The highest BCUT2D eigenvalue weighted by atomic mass is 35.5. The summed E-state index contributed by atoms with van der Waals surface area (Å²) in [7, 11) is 0. The summed E-state index contributed by atoms with van der Waals surface area (Å²) in [5.41, 5.74) is -0.875. The number of esters is 1. The van der Waals surface area contributed by atoms with Gasteiger partial charge in [-0.2, -0.15) is 13.2 Å². The van der Waals surface area contributed by atoms with Crippen LogP contribution in [0.3, 0.4) is 0 Å². The normalized spacial score (nSPS) is 12.3. The molecule has 0 amide bonds. The molecular formula is C21H14ClF4NO4S. The summed E-state index contributed by atoms with van der Waals surface area (Å²) in [6, 6.07) is 6.66. The molecule has 0 spiro atoms. The molecule has 0 radical (unpaired) electrons. The van der Waals surface area contributed by atoms with Crippen molar-refractivity contribution >= 4 is 28.9 Å². The van der Waals surface area contributed by atoms with E-state index >= 15 is 0 Å². The van der Waals surface area contributed by atoms with E-state index in [-0.39, 0.29) is 17.9 Å². The molecule has 3 rings (SSSR count). The number of alkyl halides is 3. The maximum atomic E-state index is 14.1. The van der Waals surface area contributed by atoms with Gasteiger partial charge in [-0.05, 0) is 29.8 Å². The van der Waals surface area contributed by atoms with Gasteiger partial charge in [0, 0.05) is 11.6 Å². The molecule has 0 aliphatic carbocycles. The van der Waals surface area contributed by atoms with Gasteiger partial charge in [-0.1, -0.05) is 30.3 Å². The molecule has 1 unspecified atom stereocenters. The first kappa shape index (κ1) is 23.7. The maximum absolute atomic E-state index is 14.1. The molecule has 5 nitrogen and oxygen atoms in total. The third-order valence-electron chi connectivity index (χ3n) is 4.12. The highest BCUT2D eigenvalue weighted by Gasteiger charge is 2.32. The smallest absolute Gasteiger partial charge is 0.416 e. The molecule has 3 aromatic rings. The fraction of sp³-hybridized carbons (Fsp3) is 0.143. The van der Waals surface area contributed by atoms with Crippen LogP contribution in [0.25, 0.3) is 0 Å². The minimum absolute atomic E-state index is 0.101. The molecule has 168 valence electrons. The van der Waals surface area contributed by atoms with Crippen LogP contribution in [0.5, 0.6) is 11.5 Å². The number of halogens is 5. The highest BCUT2D eigenvalue weighted by Crippen LogP contribution is 2.38. The Kier molecular flexibility index (Phi) is 7.17. The van der Waals surface area contributed by atoms with Crippen LogP contribution in [0.4, 0.5) is 17.6 Å². The van der Waals surface area contributed by atoms with Gasteiger partial charge >= 0.3 is 12.1 Å². The number of hydrogen-bond acceptors (Lipinski definition) is 6. The second-order valence-electron chi connectivity index (χ2n) is 6.39. The minimum Gasteiger partial charge on any atom is -0.457 e. The Hall–Kier alpha value is -2.95. The first-order valence-electron chi connectivity index (χ1n) is 8.82. The summed E-state index contributed by atoms with van der Waals surface area (Å²) in [6.45, 7) is 3.37. The second-order valence-corrected chi connectivity index (χ2v) is 7.72. The lowest BCUT2D eigenvalue weighted by molar-refractivity contribution is -0.141. The van der Waals surface area contributed by atoms with Gasteiger partial charge in [-0.25, -0.2) is 14.2 Å². The Balaban J connectivity index is 1.61. The summed E-state index contributed by atoms with van der Waals surface area (Å²) < 4.78 is 62.6. The Morgan fingerprint density at radius 3 is 2.50 bits per heavy atom. The zero-order valence-electron chi connectivity index (χ0n) is 16.0. The third-order valence-corrected chi connectivity index (χ3v) is 5.23. The standard InChI is InChI=1S/C21H14ClF4NO4S/c1-11(17(28)19-27-6-7-32-19)20(29)30-10-12-2-4-14(5-3-12)31-18-15(22)8-13(9-16(18)23)21(24,25)26/h2-9,17,28H,1,10H2. The Morgan fingerprint density at radius 1 is 1.25 bits per heavy atom. The molecule has 2 aromatic carbocycles. The number of carbonyl (C=O) groups is 1. The number of benzene rings is 2. The molecule has 1 heterocycles. The van der Waals surface area contributed by atoms with E-state index in [1.165, 1.54) is 30.5 Å². The van der Waals surface area contributed by atoms with Crippen LogP contribution in [0.2, 0.25) is 5.02 Å². The maximum Gasteiger partial charge on any atom is 0.416 e. The lowest BCUT2D eigenvalue weighted by atomic mass is 10.2. The van der Waals surface area contributed by atoms with Crippen molar-refractivity contribution in [2.24, 2.45) is 0 Å². The quantitative estimate of drug-likeness (QED) is 0.248. The van der Waals surface area contributed by atoms with Crippen molar-refractivity contribution in [3.8, 4) is 11.5 Å². The Bertz CT molecular complexity index is 1090. The zero-order valence-corrected chi connectivity index (χ0v) is 17.6. The SMILES string of the molecule is C=C(C(=O)OCc1ccc(Oc2c(F)cc(C(F)(F)F)cc2Cl)cc1)C(O)c1nccs1. The van der Waals surface area contributed by atoms with Gasteiger partial charge in [-0.3, -0.25) is 0 Å². The molecule has 0 aliphatic rings. The van der Waals surface area contributed by atoms with E-state index in [9.17, 15) is 27.5 Å². The minimum atomic E-state index is -4.75. The van der Waals surface area contributed by atoms with Gasteiger partial charge in [0.2, 0.25) is 0 Å². The molecule has 0 fully saturated rings. The summed E-state index contributed by atoms with van der Waals surface area (Å²) in [4.78, 5) is 16.0. The predicted molar refractivity (Wildman–Crippen MR) is 109 cm³/mol. The number of thiazole rings is 1. The van der Waals surface area contributed by atoms with Gasteiger partial charge in [0.25, 0.3) is 0 Å². The van der Waals surface area contributed by atoms with Crippen molar-refractivity contribution in [3.05, 3.63) is 87.1 Å². The molecule has 0 saturated heterocycles. The fourth-order valence-electron chi connectivity index (χ4n) is 2.46. The van der Waals surface area contributed by atoms with Crippen LogP contribution in [0, 0.1) is 5.82 Å². The van der Waals surface area contributed by atoms with Crippen LogP contribution >= 0.6 is 22.9 Å². The number of nitrogens with zero attached hydrogens (tertiary/aromatic N) is 1. The molecule has 0 saturated carbocycles. The first-order valence-corrected chi connectivity index (χ1v) is 10.1. The summed E-state index contributed by atoms with van der Waals surface area (Å²) in [6.07, 6.45) is -4.54. The van der Waals surface area contributed by atoms with Crippen LogP contribution < -0.4 is 4.74 Å². The molecule has 1 atom stereocenters. The van der Waals surface area contributed by atoms with Gasteiger partial charge in [-0.15, -0.1) is 11.3 Å². The zero-order chi connectivity index (χ0) is 23.5. The lowest BCUT2D eigenvalue weighted by Gasteiger charge is -2.13. The molecular weight excluding hydrogens is 474 g/mol. The average Bonchev–Trinajstić information content (AvgIpc) is 3.28. The monoisotopic (exact) mass is 487 g/mol. The Labute approximate surface area is 188 Å². The summed E-state index contributed by atoms with van der Waals surface area (Å²) in [5, 5.41) is 11.5. The topological polar surface area (TPSA) is 68.7 Å². The molecule has 0 aliphatic heterocycles. The number of carbonyl (C=O) groups excluding carboxylic acids is 1. The van der Waals surface area contributed by atoms with Crippen molar-refractivity contribution in [3.63, 3.8) is 0 Å². The average molecular weight is 488 g/mol. The number of hydrogen-bond donors (Lipinski definition) is 1. The number of aromatic nitrogens is 1. The number of aliphatic hydroxyl groups excluding tert-OH is 1. The van der Waals surface area contributed by atoms with Gasteiger partial charge in [0.1, 0.15) is 23.5 Å². The number of aliphatic hydroxyl groups is 1. The second kappa shape index (κ2) is 9.68. The summed E-state index contributed by atoms with van der Waals surface area (Å²) in [5.74, 6) is -2.53. The van der Waals surface area contributed by atoms with Crippen molar-refractivity contribution in [1.29, 1.82) is 0 Å². The van der Waals surface area contributed by atoms with E-state index in [0.717, 1.165) is 11.3 Å². The Morgan fingerprint density at radius 2 is 1.94 bits per heavy atom. The van der Waals surface area contributed by atoms with E-state index in [4.69, 9.17) is 21.1 Å². The van der Waals surface area contributed by atoms with E-state index in [1.807, 2.05) is 0 Å². The molecule has 11 heteroatoms. The predicted octanol–water partition coefficient (Wildman–Crippen LogP) is 6.08. The molecule has 1 N–H and O–H groups in total. The third kappa shape index (κ3) is 5.64. The molecule has 1 aromatic heterocycles. The first-order chi connectivity index (χ1) is 15.1. The largest absolute Gasteiger partial charge is 0.457 e. The fourth-order valence-corrected chi connectivity index (χ4v) is 3.36. The molecule has 32 heavy (non-hydrogen) atoms. The van der Waals surface area contributed by atoms with Crippen LogP contribution in [0.1, 0.15) is 22.2 Å². The van der Waals surface area contributed by atoms with E-state index in [0.29, 0.717) is 22.7 Å². The van der Waals surface area contributed by atoms with E-state index in [1.54, 1.807) is 5.38 Å². The number of rotatable bonds is 7. The van der Waals surface area contributed by atoms with Crippen molar-refractivity contribution in [2.75, 3.05) is 0 Å². The van der Waals surface area contributed by atoms with Crippen molar-refractivity contribution in [2.45, 2.75) is 18.9 Å². The van der Waals surface area contributed by atoms with Gasteiger partial charge < -0.3 is 14.6 Å². The highest BCUT2D eigenvalue weighted by molar-refractivity contribution is 7.09. The number of ether oxygens (including phenoxy) is 2. The molecule has 0 bridgehead atoms. The summed E-state index contributed by atoms with van der Waals surface area (Å²) >= 11 is 6.91. The van der Waals surface area contributed by atoms with Crippen LogP contribution in [-0.2, 0) is 22.3 Å². The van der Waals surface area contributed by atoms with Crippen molar-refractivity contribution < 1.29 is 36.9 Å². The lowest BCUT2D eigenvalue weighted by Crippen LogP contribution is -2.13. The van der Waals surface area contributed by atoms with Gasteiger partial charge in [0.15, 0.2) is 11.6 Å². The van der Waals surface area contributed by atoms with E-state index < -0.39 is 40.4 Å². The van der Waals surface area contributed by atoms with E-state index in [2.05, 4.69) is 11.6 Å². The van der Waals surface area contributed by atoms with Crippen molar-refractivity contribution in [1.82, 2.24) is 4.98 Å². The van der Waals surface area contributed by atoms with Gasteiger partial charge in [0.05, 0.1) is 16.2 Å². The van der Waals surface area contributed by atoms with Crippen LogP contribution in [-0.4, -0.2) is 16.1 Å².